The molecule has 0 spiro atoms. The molecule has 4 nitrogen and oxygen atoms in total. The van der Waals surface area contributed by atoms with Crippen molar-refractivity contribution in [2.45, 2.75) is 45.3 Å². The van der Waals surface area contributed by atoms with Crippen molar-refractivity contribution in [3.8, 4) is 11.8 Å². The summed E-state index contributed by atoms with van der Waals surface area (Å²) in [7, 11) is 0. The average molecular weight is 276 g/mol. The molecule has 0 amide bonds. The number of aliphatic hydroxyl groups is 1. The fourth-order valence-electron chi connectivity index (χ4n) is 2.26. The Balaban J connectivity index is 2.57. The van der Waals surface area contributed by atoms with E-state index in [1.165, 1.54) is 0 Å². The molecule has 0 aliphatic rings. The maximum absolute atomic E-state index is 9.24. The van der Waals surface area contributed by atoms with E-state index in [1.54, 1.807) is 0 Å². The number of rotatable bonds is 8. The van der Waals surface area contributed by atoms with Gasteiger partial charge >= 0.3 is 0 Å². The highest BCUT2D eigenvalue weighted by molar-refractivity contribution is 5.27. The summed E-state index contributed by atoms with van der Waals surface area (Å²) in [5.74, 6) is 0.788. The summed E-state index contributed by atoms with van der Waals surface area (Å²) in [4.78, 5) is 0. The Kier molecular flexibility index (Phi) is 6.50. The van der Waals surface area contributed by atoms with Crippen LogP contribution in [0.1, 0.15) is 32.8 Å². The minimum Gasteiger partial charge on any atom is -0.491 e. The van der Waals surface area contributed by atoms with E-state index in [9.17, 15) is 5.26 Å². The Labute approximate surface area is 121 Å². The second kappa shape index (κ2) is 7.88. The van der Waals surface area contributed by atoms with E-state index in [4.69, 9.17) is 9.84 Å². The van der Waals surface area contributed by atoms with Gasteiger partial charge in [0.25, 0.3) is 0 Å². The summed E-state index contributed by atoms with van der Waals surface area (Å²) < 4.78 is 5.84. The first-order valence-electron chi connectivity index (χ1n) is 7.05. The fourth-order valence-corrected chi connectivity index (χ4v) is 2.26. The van der Waals surface area contributed by atoms with Gasteiger partial charge in [-0.1, -0.05) is 19.1 Å². The summed E-state index contributed by atoms with van der Waals surface area (Å²) in [6.07, 6.45) is 1.22. The van der Waals surface area contributed by atoms with Crippen LogP contribution in [0.3, 0.4) is 0 Å². The molecular formula is C16H24N2O2. The lowest BCUT2D eigenvalue weighted by Gasteiger charge is -2.26. The van der Waals surface area contributed by atoms with Crippen LogP contribution in [0.4, 0.5) is 0 Å². The van der Waals surface area contributed by atoms with Crippen molar-refractivity contribution in [3.05, 3.63) is 29.8 Å². The minimum absolute atomic E-state index is 0.0533. The van der Waals surface area contributed by atoms with E-state index in [-0.39, 0.29) is 12.7 Å². The zero-order valence-corrected chi connectivity index (χ0v) is 12.5. The maximum atomic E-state index is 9.24. The Morgan fingerprint density at radius 3 is 2.55 bits per heavy atom. The fraction of sp³-hybridized carbons (Fsp3) is 0.562. The Bertz CT molecular complexity index is 439. The molecule has 20 heavy (non-hydrogen) atoms. The van der Waals surface area contributed by atoms with E-state index < -0.39 is 5.54 Å². The molecule has 0 fully saturated rings. The number of nitrogens with one attached hydrogen (secondary N) is 1. The van der Waals surface area contributed by atoms with Gasteiger partial charge in [0.15, 0.2) is 0 Å². The first-order valence-corrected chi connectivity index (χ1v) is 7.05. The van der Waals surface area contributed by atoms with Crippen LogP contribution in [0.15, 0.2) is 24.3 Å². The summed E-state index contributed by atoms with van der Waals surface area (Å²) in [5.41, 5.74) is 0.521. The topological polar surface area (TPSA) is 65.3 Å². The van der Waals surface area contributed by atoms with Gasteiger partial charge in [-0.3, -0.25) is 5.32 Å². The maximum Gasteiger partial charge on any atom is 0.119 e. The van der Waals surface area contributed by atoms with Gasteiger partial charge < -0.3 is 9.84 Å². The van der Waals surface area contributed by atoms with Gasteiger partial charge in [-0.15, -0.1) is 0 Å². The highest BCUT2D eigenvalue weighted by Crippen LogP contribution is 2.19. The summed E-state index contributed by atoms with van der Waals surface area (Å²) in [6.45, 7) is 6.75. The number of benzene rings is 1. The van der Waals surface area contributed by atoms with Crippen molar-refractivity contribution >= 4 is 0 Å². The molecule has 2 atom stereocenters. The van der Waals surface area contributed by atoms with Crippen LogP contribution >= 0.6 is 0 Å². The van der Waals surface area contributed by atoms with Gasteiger partial charge in [0.2, 0.25) is 0 Å². The molecule has 0 aliphatic carbocycles. The lowest BCUT2D eigenvalue weighted by Crippen LogP contribution is -2.44. The van der Waals surface area contributed by atoms with Gasteiger partial charge in [-0.05, 0) is 44.5 Å². The molecule has 1 aromatic rings. The van der Waals surface area contributed by atoms with E-state index >= 15 is 0 Å². The second-order valence-electron chi connectivity index (χ2n) is 5.22. The molecule has 0 saturated carbocycles. The largest absolute Gasteiger partial charge is 0.491 e. The van der Waals surface area contributed by atoms with Crippen LogP contribution in [0.2, 0.25) is 0 Å². The molecule has 110 valence electrons. The van der Waals surface area contributed by atoms with Crippen molar-refractivity contribution in [3.63, 3.8) is 0 Å². The van der Waals surface area contributed by atoms with Crippen LogP contribution in [0.5, 0.6) is 5.75 Å². The molecule has 1 rings (SSSR count). The van der Waals surface area contributed by atoms with Crippen molar-refractivity contribution in [2.75, 3.05) is 13.2 Å². The molecule has 2 N–H and O–H groups in total. The molecule has 1 aromatic carbocycles. The van der Waals surface area contributed by atoms with Crippen LogP contribution in [-0.2, 0) is 6.42 Å². The van der Waals surface area contributed by atoms with Crippen LogP contribution in [-0.4, -0.2) is 29.9 Å². The lowest BCUT2D eigenvalue weighted by molar-refractivity contribution is 0.180. The summed E-state index contributed by atoms with van der Waals surface area (Å²) in [6, 6.07) is 10.0. The van der Waals surface area contributed by atoms with E-state index in [1.807, 2.05) is 45.0 Å². The number of hydrogen-bond donors (Lipinski definition) is 2. The molecule has 0 aliphatic heterocycles. The van der Waals surface area contributed by atoms with Gasteiger partial charge in [-0.2, -0.15) is 5.26 Å². The molecule has 0 saturated heterocycles. The van der Waals surface area contributed by atoms with Gasteiger partial charge in [0.05, 0.1) is 12.2 Å². The Hall–Kier alpha value is -1.57. The molecular weight excluding hydrogens is 252 g/mol. The van der Waals surface area contributed by atoms with Gasteiger partial charge in [-0.25, -0.2) is 0 Å². The first kappa shape index (κ1) is 16.5. The van der Waals surface area contributed by atoms with Crippen LogP contribution in [0.25, 0.3) is 0 Å². The third-order valence-electron chi connectivity index (χ3n) is 3.17. The normalized spacial score (nSPS) is 15.2. The number of aliphatic hydroxyl groups excluding tert-OH is 1. The molecule has 0 radical (unpaired) electrons. The predicted molar refractivity (Wildman–Crippen MR) is 79.6 cm³/mol. The van der Waals surface area contributed by atoms with E-state index in [0.717, 1.165) is 17.9 Å². The van der Waals surface area contributed by atoms with Crippen molar-refractivity contribution in [2.24, 2.45) is 0 Å². The Morgan fingerprint density at radius 2 is 2.05 bits per heavy atom. The number of nitriles is 1. The summed E-state index contributed by atoms with van der Waals surface area (Å²) >= 11 is 0. The van der Waals surface area contributed by atoms with Crippen molar-refractivity contribution in [1.29, 1.82) is 5.26 Å². The molecule has 0 aromatic heterocycles. The van der Waals surface area contributed by atoms with E-state index in [2.05, 4.69) is 11.4 Å². The van der Waals surface area contributed by atoms with Crippen molar-refractivity contribution in [1.82, 2.24) is 5.32 Å². The van der Waals surface area contributed by atoms with Crippen LogP contribution in [0, 0.1) is 11.3 Å². The SMILES string of the molecule is CCNC(C)(C#N)CC(C)Oc1ccc(CCO)cc1. The smallest absolute Gasteiger partial charge is 0.119 e. The third-order valence-corrected chi connectivity index (χ3v) is 3.17. The number of hydrogen-bond acceptors (Lipinski definition) is 4. The highest BCUT2D eigenvalue weighted by atomic mass is 16.5. The monoisotopic (exact) mass is 276 g/mol. The lowest BCUT2D eigenvalue weighted by atomic mass is 9.96. The first-order chi connectivity index (χ1) is 9.53. The zero-order chi connectivity index (χ0) is 15.0. The van der Waals surface area contributed by atoms with Crippen molar-refractivity contribution < 1.29 is 9.84 Å². The quantitative estimate of drug-likeness (QED) is 0.764. The molecule has 0 bridgehead atoms. The number of nitrogens with zero attached hydrogens (tertiary/aromatic N) is 1. The number of ether oxygens (including phenoxy) is 1. The highest BCUT2D eigenvalue weighted by Gasteiger charge is 2.26. The Morgan fingerprint density at radius 1 is 1.40 bits per heavy atom. The predicted octanol–water partition coefficient (Wildman–Crippen LogP) is 2.27. The van der Waals surface area contributed by atoms with E-state index in [0.29, 0.717) is 12.8 Å². The molecule has 4 heteroatoms. The molecule has 2 unspecified atom stereocenters. The molecule has 0 heterocycles. The third kappa shape index (κ3) is 5.20. The van der Waals surface area contributed by atoms with Crippen LogP contribution < -0.4 is 10.1 Å². The average Bonchev–Trinajstić information content (AvgIpc) is 2.41. The standard InChI is InChI=1S/C16H24N2O2/c1-4-18-16(3,12-17)11-13(2)20-15-7-5-14(6-8-15)9-10-19/h5-8,13,18-19H,4,9-11H2,1-3H3. The second-order valence-corrected chi connectivity index (χ2v) is 5.22. The summed E-state index contributed by atoms with van der Waals surface area (Å²) in [5, 5.41) is 21.3. The minimum atomic E-state index is -0.564. The zero-order valence-electron chi connectivity index (χ0n) is 12.5. The van der Waals surface area contributed by atoms with Gasteiger partial charge in [0.1, 0.15) is 11.3 Å². The van der Waals surface area contributed by atoms with Gasteiger partial charge in [0, 0.05) is 13.0 Å².